The van der Waals surface area contributed by atoms with Crippen LogP contribution < -0.4 is 5.32 Å². The minimum atomic E-state index is -0.766. The largest absolute Gasteiger partial charge is 0.388 e. The van der Waals surface area contributed by atoms with E-state index in [0.29, 0.717) is 24.4 Å². The summed E-state index contributed by atoms with van der Waals surface area (Å²) >= 11 is 0. The van der Waals surface area contributed by atoms with Gasteiger partial charge < -0.3 is 20.4 Å². The normalized spacial score (nSPS) is 43.4. The number of likely N-dealkylation sites (tertiary alicyclic amines) is 1. The molecular formula is C13H22N2O3. The predicted octanol–water partition coefficient (Wildman–Crippen LogP) is -0.529. The van der Waals surface area contributed by atoms with E-state index in [9.17, 15) is 15.0 Å². The number of nitrogens with one attached hydrogen (secondary N) is 1. The molecule has 3 saturated heterocycles. The third-order valence-electron chi connectivity index (χ3n) is 4.65. The van der Waals surface area contributed by atoms with E-state index in [0.717, 1.165) is 12.8 Å². The van der Waals surface area contributed by atoms with Gasteiger partial charge >= 0.3 is 0 Å². The molecule has 0 radical (unpaired) electrons. The number of hydrogen-bond donors (Lipinski definition) is 3. The van der Waals surface area contributed by atoms with Crippen molar-refractivity contribution in [2.75, 3.05) is 13.1 Å². The molecule has 3 N–H and O–H groups in total. The fourth-order valence-electron chi connectivity index (χ4n) is 3.69. The van der Waals surface area contributed by atoms with Crippen LogP contribution in [0.4, 0.5) is 0 Å². The SMILES string of the molecule is O=C(CC1CC2CCC(C1)N2)N1CC(O)C(O)C1. The Balaban J connectivity index is 1.52. The first-order valence-corrected chi connectivity index (χ1v) is 7.02. The zero-order chi connectivity index (χ0) is 12.7. The molecule has 5 heteroatoms. The van der Waals surface area contributed by atoms with Gasteiger partial charge in [-0.2, -0.15) is 0 Å². The van der Waals surface area contributed by atoms with Gasteiger partial charge in [-0.15, -0.1) is 0 Å². The first-order chi connectivity index (χ1) is 8.61. The van der Waals surface area contributed by atoms with Gasteiger partial charge in [-0.3, -0.25) is 4.79 Å². The summed E-state index contributed by atoms with van der Waals surface area (Å²) in [5.41, 5.74) is 0. The highest BCUT2D eigenvalue weighted by molar-refractivity contribution is 5.77. The van der Waals surface area contributed by atoms with Crippen LogP contribution >= 0.6 is 0 Å². The van der Waals surface area contributed by atoms with Crippen molar-refractivity contribution in [1.29, 1.82) is 0 Å². The van der Waals surface area contributed by atoms with Crippen molar-refractivity contribution in [3.05, 3.63) is 0 Å². The quantitative estimate of drug-likeness (QED) is 0.619. The van der Waals surface area contributed by atoms with Crippen molar-refractivity contribution in [3.63, 3.8) is 0 Å². The molecule has 2 bridgehead atoms. The van der Waals surface area contributed by atoms with Crippen molar-refractivity contribution in [2.45, 2.75) is 56.4 Å². The lowest BCUT2D eigenvalue weighted by Crippen LogP contribution is -2.40. The summed E-state index contributed by atoms with van der Waals surface area (Å²) < 4.78 is 0. The molecule has 3 aliphatic rings. The molecule has 3 rings (SSSR count). The number of rotatable bonds is 2. The maximum atomic E-state index is 12.1. The molecule has 0 saturated carbocycles. The van der Waals surface area contributed by atoms with E-state index in [4.69, 9.17) is 0 Å². The summed E-state index contributed by atoms with van der Waals surface area (Å²) in [6.45, 7) is 0.579. The van der Waals surface area contributed by atoms with Crippen molar-refractivity contribution in [2.24, 2.45) is 5.92 Å². The molecule has 0 aliphatic carbocycles. The standard InChI is InChI=1S/C13H22N2O3/c16-11-6-15(7-12(11)17)13(18)5-8-3-9-1-2-10(4-8)14-9/h8-12,14,16-17H,1-7H2. The Morgan fingerprint density at radius 2 is 1.67 bits per heavy atom. The summed E-state index contributed by atoms with van der Waals surface area (Å²) in [6.07, 6.45) is 3.74. The van der Waals surface area contributed by atoms with E-state index in [-0.39, 0.29) is 19.0 Å². The Labute approximate surface area is 107 Å². The summed E-state index contributed by atoms with van der Waals surface area (Å²) in [5, 5.41) is 22.5. The molecule has 0 spiro atoms. The average molecular weight is 254 g/mol. The molecule has 5 nitrogen and oxygen atoms in total. The van der Waals surface area contributed by atoms with Crippen LogP contribution in [0.1, 0.15) is 32.1 Å². The molecule has 4 unspecified atom stereocenters. The monoisotopic (exact) mass is 254 g/mol. The fourth-order valence-corrected chi connectivity index (χ4v) is 3.69. The molecule has 102 valence electrons. The van der Waals surface area contributed by atoms with Crippen LogP contribution in [0, 0.1) is 5.92 Å². The number of piperidine rings is 1. The Morgan fingerprint density at radius 1 is 1.11 bits per heavy atom. The molecule has 0 aromatic carbocycles. The maximum Gasteiger partial charge on any atom is 0.223 e. The number of carbonyl (C=O) groups excluding carboxylic acids is 1. The van der Waals surface area contributed by atoms with E-state index in [1.807, 2.05) is 0 Å². The lowest BCUT2D eigenvalue weighted by Gasteiger charge is -2.29. The number of β-amino-alcohol motifs (C(OH)–C–C–N with tert-alkyl or cyclic N) is 2. The molecule has 18 heavy (non-hydrogen) atoms. The molecule has 3 fully saturated rings. The minimum Gasteiger partial charge on any atom is -0.388 e. The molecule has 1 amide bonds. The van der Waals surface area contributed by atoms with E-state index in [1.54, 1.807) is 4.90 Å². The van der Waals surface area contributed by atoms with Gasteiger partial charge in [0.1, 0.15) is 0 Å². The number of fused-ring (bicyclic) bond motifs is 2. The second-order valence-electron chi connectivity index (χ2n) is 6.11. The topological polar surface area (TPSA) is 72.8 Å². The Bertz CT molecular complexity index is 314. The van der Waals surface area contributed by atoms with Crippen LogP contribution in [0.25, 0.3) is 0 Å². The van der Waals surface area contributed by atoms with Crippen LogP contribution in [-0.2, 0) is 4.79 Å². The van der Waals surface area contributed by atoms with Crippen molar-refractivity contribution < 1.29 is 15.0 Å². The van der Waals surface area contributed by atoms with Gasteiger partial charge in [0, 0.05) is 31.6 Å². The lowest BCUT2D eigenvalue weighted by molar-refractivity contribution is -0.132. The summed E-state index contributed by atoms with van der Waals surface area (Å²) in [4.78, 5) is 13.7. The smallest absolute Gasteiger partial charge is 0.223 e. The maximum absolute atomic E-state index is 12.1. The summed E-state index contributed by atoms with van der Waals surface area (Å²) in [6, 6.07) is 1.22. The summed E-state index contributed by atoms with van der Waals surface area (Å²) in [7, 11) is 0. The second-order valence-corrected chi connectivity index (χ2v) is 6.11. The fraction of sp³-hybridized carbons (Fsp3) is 0.923. The second kappa shape index (κ2) is 4.79. The van der Waals surface area contributed by atoms with Crippen LogP contribution in [-0.4, -0.2) is 58.4 Å². The van der Waals surface area contributed by atoms with Crippen LogP contribution in [0.3, 0.4) is 0 Å². The highest BCUT2D eigenvalue weighted by Crippen LogP contribution is 2.33. The number of amides is 1. The third-order valence-corrected chi connectivity index (χ3v) is 4.65. The number of carbonyl (C=O) groups is 1. The molecule has 4 atom stereocenters. The van der Waals surface area contributed by atoms with Crippen molar-refractivity contribution >= 4 is 5.91 Å². The zero-order valence-electron chi connectivity index (χ0n) is 10.6. The van der Waals surface area contributed by atoms with Gasteiger partial charge in [0.05, 0.1) is 12.2 Å². The Hall–Kier alpha value is -0.650. The zero-order valence-corrected chi connectivity index (χ0v) is 10.6. The van der Waals surface area contributed by atoms with Gasteiger partial charge in [0.25, 0.3) is 0 Å². The molecule has 0 aromatic rings. The highest BCUT2D eigenvalue weighted by atomic mass is 16.3. The Morgan fingerprint density at radius 3 is 2.22 bits per heavy atom. The van der Waals surface area contributed by atoms with Gasteiger partial charge in [-0.25, -0.2) is 0 Å². The van der Waals surface area contributed by atoms with E-state index in [1.165, 1.54) is 12.8 Å². The number of nitrogens with zero attached hydrogens (tertiary/aromatic N) is 1. The third kappa shape index (κ3) is 2.39. The van der Waals surface area contributed by atoms with Gasteiger partial charge in [0.15, 0.2) is 0 Å². The highest BCUT2D eigenvalue weighted by Gasteiger charge is 2.37. The van der Waals surface area contributed by atoms with E-state index in [2.05, 4.69) is 5.32 Å². The van der Waals surface area contributed by atoms with Crippen LogP contribution in [0.5, 0.6) is 0 Å². The van der Waals surface area contributed by atoms with E-state index < -0.39 is 12.2 Å². The van der Waals surface area contributed by atoms with Gasteiger partial charge in [-0.05, 0) is 31.6 Å². The average Bonchev–Trinajstić information content (AvgIpc) is 2.83. The molecular weight excluding hydrogens is 232 g/mol. The number of aliphatic hydroxyl groups is 2. The molecule has 0 aromatic heterocycles. The first kappa shape index (κ1) is 12.4. The van der Waals surface area contributed by atoms with Gasteiger partial charge in [-0.1, -0.05) is 0 Å². The molecule has 3 heterocycles. The molecule has 3 aliphatic heterocycles. The van der Waals surface area contributed by atoms with Crippen LogP contribution in [0.15, 0.2) is 0 Å². The number of aliphatic hydroxyl groups excluding tert-OH is 2. The Kier molecular flexibility index (Phi) is 3.30. The first-order valence-electron chi connectivity index (χ1n) is 7.02. The van der Waals surface area contributed by atoms with Crippen molar-refractivity contribution in [1.82, 2.24) is 10.2 Å². The van der Waals surface area contributed by atoms with E-state index >= 15 is 0 Å². The van der Waals surface area contributed by atoms with Crippen molar-refractivity contribution in [3.8, 4) is 0 Å². The number of hydrogen-bond acceptors (Lipinski definition) is 4. The minimum absolute atomic E-state index is 0.0944. The van der Waals surface area contributed by atoms with Gasteiger partial charge in [0.2, 0.25) is 5.91 Å². The predicted molar refractivity (Wildman–Crippen MR) is 65.9 cm³/mol. The van der Waals surface area contributed by atoms with Crippen LogP contribution in [0.2, 0.25) is 0 Å². The lowest BCUT2D eigenvalue weighted by atomic mass is 9.89. The summed E-state index contributed by atoms with van der Waals surface area (Å²) in [5.74, 6) is 0.572.